The second-order valence-corrected chi connectivity index (χ2v) is 7.77. The fourth-order valence-electron chi connectivity index (χ4n) is 2.70. The number of nitrogens with zero attached hydrogens (tertiary/aromatic N) is 2. The van der Waals surface area contributed by atoms with E-state index in [9.17, 15) is 18.5 Å². The second kappa shape index (κ2) is 7.76. The van der Waals surface area contributed by atoms with Crippen LogP contribution in [0, 0.1) is 16.0 Å². The number of nitro benzene ring substituents is 1. The number of hydrogen-bond acceptors (Lipinski definition) is 5. The molecular weight excluding hydrogens is 365 g/mol. The van der Waals surface area contributed by atoms with Gasteiger partial charge in [-0.25, -0.2) is 8.42 Å². The summed E-state index contributed by atoms with van der Waals surface area (Å²) in [6.45, 7) is 2.67. The lowest BCUT2D eigenvalue weighted by Gasteiger charge is -2.36. The van der Waals surface area contributed by atoms with Crippen LogP contribution in [0.25, 0.3) is 0 Å². The molecule has 1 aromatic carbocycles. The summed E-state index contributed by atoms with van der Waals surface area (Å²) in [6.07, 6.45) is 1.45. The number of hydrogen-bond donors (Lipinski definition) is 1. The Hall–Kier alpha value is -0.930. The Labute approximate surface area is 146 Å². The molecule has 10 heteroatoms. The molecule has 2 unspecified atom stereocenters. The number of rotatable bonds is 4. The monoisotopic (exact) mass is 383 g/mol. The van der Waals surface area contributed by atoms with Gasteiger partial charge in [0, 0.05) is 31.3 Å². The third-order valence-electron chi connectivity index (χ3n) is 3.91. The highest BCUT2D eigenvalue weighted by molar-refractivity contribution is 7.89. The predicted molar refractivity (Wildman–Crippen MR) is 90.5 cm³/mol. The van der Waals surface area contributed by atoms with Gasteiger partial charge in [-0.15, -0.1) is 12.4 Å². The lowest BCUT2D eigenvalue weighted by Crippen LogP contribution is -2.49. The van der Waals surface area contributed by atoms with Gasteiger partial charge in [-0.1, -0.05) is 18.5 Å². The van der Waals surface area contributed by atoms with E-state index in [0.717, 1.165) is 18.6 Å². The zero-order valence-corrected chi connectivity index (χ0v) is 14.9. The molecule has 0 amide bonds. The van der Waals surface area contributed by atoms with Gasteiger partial charge in [0.2, 0.25) is 10.0 Å². The Morgan fingerprint density at radius 1 is 1.48 bits per heavy atom. The molecule has 0 spiro atoms. The maximum atomic E-state index is 12.8. The number of piperidine rings is 1. The molecule has 2 N–H and O–H groups in total. The number of halogens is 2. The van der Waals surface area contributed by atoms with Crippen LogP contribution in [0.4, 0.5) is 5.69 Å². The highest BCUT2D eigenvalue weighted by Gasteiger charge is 2.36. The molecule has 1 aliphatic heterocycles. The van der Waals surface area contributed by atoms with E-state index in [4.69, 9.17) is 17.3 Å². The van der Waals surface area contributed by atoms with Crippen LogP contribution in [-0.4, -0.2) is 36.8 Å². The van der Waals surface area contributed by atoms with E-state index in [0.29, 0.717) is 18.9 Å². The molecule has 1 aromatic rings. The fourth-order valence-corrected chi connectivity index (χ4v) is 4.87. The molecule has 1 saturated heterocycles. The Kier molecular flexibility index (Phi) is 6.79. The van der Waals surface area contributed by atoms with Gasteiger partial charge in [-0.3, -0.25) is 10.1 Å². The van der Waals surface area contributed by atoms with Gasteiger partial charge < -0.3 is 5.73 Å². The van der Waals surface area contributed by atoms with Gasteiger partial charge in [-0.05, 0) is 24.8 Å². The van der Waals surface area contributed by atoms with E-state index in [1.165, 1.54) is 10.4 Å². The minimum absolute atomic E-state index is 0. The second-order valence-electron chi connectivity index (χ2n) is 5.51. The van der Waals surface area contributed by atoms with Crippen molar-refractivity contribution in [3.63, 3.8) is 0 Å². The van der Waals surface area contributed by atoms with Crippen molar-refractivity contribution < 1.29 is 13.3 Å². The first-order valence-corrected chi connectivity index (χ1v) is 8.75. The van der Waals surface area contributed by atoms with Gasteiger partial charge in [-0.2, -0.15) is 4.31 Å². The first kappa shape index (κ1) is 20.1. The Balaban J connectivity index is 0.00000264. The zero-order chi connectivity index (χ0) is 16.5. The average molecular weight is 384 g/mol. The molecule has 23 heavy (non-hydrogen) atoms. The maximum Gasteiger partial charge on any atom is 0.271 e. The molecule has 2 atom stereocenters. The lowest BCUT2D eigenvalue weighted by molar-refractivity contribution is -0.384. The molecule has 1 heterocycles. The van der Waals surface area contributed by atoms with Crippen LogP contribution < -0.4 is 5.73 Å². The van der Waals surface area contributed by atoms with Crippen LogP contribution in [0.1, 0.15) is 19.8 Å². The van der Waals surface area contributed by atoms with E-state index >= 15 is 0 Å². The summed E-state index contributed by atoms with van der Waals surface area (Å²) in [4.78, 5) is 9.99. The van der Waals surface area contributed by atoms with Gasteiger partial charge in [0.1, 0.15) is 4.90 Å². The first-order chi connectivity index (χ1) is 10.3. The minimum atomic E-state index is -3.82. The lowest BCUT2D eigenvalue weighted by atomic mass is 9.94. The maximum absolute atomic E-state index is 12.8. The molecule has 130 valence electrons. The van der Waals surface area contributed by atoms with E-state index in [1.807, 2.05) is 0 Å². The standard InChI is InChI=1S/C13H18ClN3O4S.ClH/c1-9-4-5-16(11(6-9)8-15)22(20,21)13-3-2-10(17(18)19)7-12(13)14;/h2-3,7,9,11H,4-6,8,15H2,1H3;1H. The number of nitro groups is 1. The quantitative estimate of drug-likeness (QED) is 0.634. The fraction of sp³-hybridized carbons (Fsp3) is 0.538. The largest absolute Gasteiger partial charge is 0.329 e. The highest BCUT2D eigenvalue weighted by Crippen LogP contribution is 2.32. The van der Waals surface area contributed by atoms with Crippen molar-refractivity contribution >= 4 is 39.7 Å². The normalized spacial score (nSPS) is 22.4. The molecule has 1 fully saturated rings. The van der Waals surface area contributed by atoms with Gasteiger partial charge >= 0.3 is 0 Å². The molecule has 1 aliphatic rings. The Bertz CT molecular complexity index is 684. The van der Waals surface area contributed by atoms with E-state index < -0.39 is 14.9 Å². The summed E-state index contributed by atoms with van der Waals surface area (Å²) < 4.78 is 26.9. The molecule has 0 bridgehead atoms. The molecule has 0 aliphatic carbocycles. The average Bonchev–Trinajstić information content (AvgIpc) is 2.46. The van der Waals surface area contributed by atoms with Gasteiger partial charge in [0.15, 0.2) is 0 Å². The minimum Gasteiger partial charge on any atom is -0.329 e. The van der Waals surface area contributed by atoms with Crippen LogP contribution in [0.3, 0.4) is 0 Å². The summed E-state index contributed by atoms with van der Waals surface area (Å²) in [5.74, 6) is 0.410. The smallest absolute Gasteiger partial charge is 0.271 e. The van der Waals surface area contributed by atoms with E-state index in [-0.39, 0.29) is 40.6 Å². The van der Waals surface area contributed by atoms with Crippen molar-refractivity contribution in [3.8, 4) is 0 Å². The van der Waals surface area contributed by atoms with Crippen LogP contribution >= 0.6 is 24.0 Å². The van der Waals surface area contributed by atoms with Crippen molar-refractivity contribution in [1.29, 1.82) is 0 Å². The predicted octanol–water partition coefficient (Wildman–Crippen LogP) is 2.42. The van der Waals surface area contributed by atoms with Crippen LogP contribution in [0.2, 0.25) is 5.02 Å². The van der Waals surface area contributed by atoms with Gasteiger partial charge in [0.25, 0.3) is 5.69 Å². The molecule has 7 nitrogen and oxygen atoms in total. The molecule has 2 rings (SSSR count). The Morgan fingerprint density at radius 2 is 2.13 bits per heavy atom. The summed E-state index contributed by atoms with van der Waals surface area (Å²) in [5, 5.41) is 10.6. The number of benzene rings is 1. The number of sulfonamides is 1. The molecule has 0 saturated carbocycles. The molecule has 0 radical (unpaired) electrons. The van der Waals surface area contributed by atoms with E-state index in [2.05, 4.69) is 6.92 Å². The van der Waals surface area contributed by atoms with Crippen molar-refractivity contribution in [2.75, 3.05) is 13.1 Å². The summed E-state index contributed by atoms with van der Waals surface area (Å²) in [6, 6.07) is 3.10. The third kappa shape index (κ3) is 4.13. The van der Waals surface area contributed by atoms with Crippen LogP contribution in [-0.2, 0) is 10.0 Å². The summed E-state index contributed by atoms with van der Waals surface area (Å²) in [5.41, 5.74) is 5.46. The van der Waals surface area contributed by atoms with Crippen molar-refractivity contribution in [3.05, 3.63) is 33.3 Å². The van der Waals surface area contributed by atoms with Crippen molar-refractivity contribution in [2.45, 2.75) is 30.7 Å². The van der Waals surface area contributed by atoms with Gasteiger partial charge in [0.05, 0.1) is 9.95 Å². The third-order valence-corrected chi connectivity index (χ3v) is 6.34. The molecule has 0 aromatic heterocycles. The SMILES string of the molecule is CC1CCN(S(=O)(=O)c2ccc([N+](=O)[O-])cc2Cl)C(CN)C1.Cl. The van der Waals surface area contributed by atoms with Crippen LogP contribution in [0.5, 0.6) is 0 Å². The van der Waals surface area contributed by atoms with Crippen LogP contribution in [0.15, 0.2) is 23.1 Å². The van der Waals surface area contributed by atoms with Crippen molar-refractivity contribution in [2.24, 2.45) is 11.7 Å². The van der Waals surface area contributed by atoms with Crippen molar-refractivity contribution in [1.82, 2.24) is 4.31 Å². The zero-order valence-electron chi connectivity index (χ0n) is 12.5. The Morgan fingerprint density at radius 3 is 2.65 bits per heavy atom. The molecular formula is C13H19Cl2N3O4S. The number of nitrogens with two attached hydrogens (primary N) is 1. The topological polar surface area (TPSA) is 107 Å². The first-order valence-electron chi connectivity index (χ1n) is 6.93. The number of non-ortho nitro benzene ring substituents is 1. The summed E-state index contributed by atoms with van der Waals surface area (Å²) in [7, 11) is -3.82. The van der Waals surface area contributed by atoms with E-state index in [1.54, 1.807) is 0 Å². The highest BCUT2D eigenvalue weighted by atomic mass is 35.5. The summed E-state index contributed by atoms with van der Waals surface area (Å²) >= 11 is 5.96.